The van der Waals surface area contributed by atoms with E-state index in [9.17, 15) is 14.4 Å². The molecule has 0 spiro atoms. The Hall–Kier alpha value is -2.37. The van der Waals surface area contributed by atoms with Crippen LogP contribution in [0, 0.1) is 11.3 Å². The van der Waals surface area contributed by atoms with Crippen LogP contribution in [-0.2, 0) is 14.3 Å². The molecule has 132 valence electrons. The zero-order valence-corrected chi connectivity index (χ0v) is 14.5. The first-order chi connectivity index (χ1) is 11.2. The Labute approximate surface area is 141 Å². The Morgan fingerprint density at radius 3 is 2.12 bits per heavy atom. The van der Waals surface area contributed by atoms with E-state index >= 15 is 0 Å². The molecule has 0 bridgehead atoms. The summed E-state index contributed by atoms with van der Waals surface area (Å²) in [4.78, 5) is 35.2. The minimum absolute atomic E-state index is 0.0306. The molecule has 6 heteroatoms. The highest BCUT2D eigenvalue weighted by molar-refractivity contribution is 6.02. The Morgan fingerprint density at radius 1 is 1.08 bits per heavy atom. The third-order valence-corrected chi connectivity index (χ3v) is 4.40. The van der Waals surface area contributed by atoms with Gasteiger partial charge in [0.05, 0.1) is 16.5 Å². The lowest BCUT2D eigenvalue weighted by molar-refractivity contribution is -0.159. The Bertz CT molecular complexity index is 607. The van der Waals surface area contributed by atoms with Crippen LogP contribution < -0.4 is 0 Å². The molecule has 1 aromatic carbocycles. The van der Waals surface area contributed by atoms with E-state index in [0.717, 1.165) is 0 Å². The molecule has 1 N–H and O–H groups in total. The van der Waals surface area contributed by atoms with Gasteiger partial charge in [0.1, 0.15) is 13.2 Å². The van der Waals surface area contributed by atoms with Crippen LogP contribution in [0.4, 0.5) is 0 Å². The molecule has 0 aromatic heterocycles. The smallest absolute Gasteiger partial charge is 0.339 e. The van der Waals surface area contributed by atoms with E-state index in [-0.39, 0.29) is 36.2 Å². The van der Waals surface area contributed by atoms with E-state index in [0.29, 0.717) is 6.42 Å². The topological polar surface area (TPSA) is 89.9 Å². The van der Waals surface area contributed by atoms with Gasteiger partial charge in [-0.3, -0.25) is 4.79 Å². The molecule has 0 saturated heterocycles. The van der Waals surface area contributed by atoms with Crippen LogP contribution in [0.25, 0.3) is 0 Å². The van der Waals surface area contributed by atoms with Crippen LogP contribution in [-0.4, -0.2) is 36.2 Å². The van der Waals surface area contributed by atoms with Crippen molar-refractivity contribution in [3.8, 4) is 0 Å². The van der Waals surface area contributed by atoms with Crippen LogP contribution in [0.2, 0.25) is 0 Å². The summed E-state index contributed by atoms with van der Waals surface area (Å²) in [6, 6.07) is 5.79. The van der Waals surface area contributed by atoms with Crippen LogP contribution in [0.5, 0.6) is 0 Å². The second-order valence-electron chi connectivity index (χ2n) is 6.05. The quantitative estimate of drug-likeness (QED) is 0.579. The molecule has 0 saturated carbocycles. The molecule has 1 aromatic rings. The molecular weight excluding hydrogens is 312 g/mol. The van der Waals surface area contributed by atoms with Gasteiger partial charge >= 0.3 is 17.9 Å². The van der Waals surface area contributed by atoms with Gasteiger partial charge in [0, 0.05) is 0 Å². The molecule has 0 aliphatic rings. The number of hydrogen-bond donors (Lipinski definition) is 1. The molecule has 0 aliphatic heterocycles. The zero-order valence-electron chi connectivity index (χ0n) is 14.5. The number of esters is 2. The van der Waals surface area contributed by atoms with E-state index < -0.39 is 17.4 Å². The van der Waals surface area contributed by atoms with Crippen LogP contribution in [0.1, 0.15) is 54.8 Å². The molecule has 0 amide bonds. The molecule has 24 heavy (non-hydrogen) atoms. The first-order valence-electron chi connectivity index (χ1n) is 7.90. The SMILES string of the molecule is CCC(C)(C(=O)OCCOC(=O)c1ccccc1C(=O)O)C(C)C. The number of carbonyl (C=O) groups excluding carboxylic acids is 2. The van der Waals surface area contributed by atoms with Crippen LogP contribution in [0.15, 0.2) is 24.3 Å². The zero-order chi connectivity index (χ0) is 18.3. The van der Waals surface area contributed by atoms with Gasteiger partial charge in [-0.25, -0.2) is 9.59 Å². The highest BCUT2D eigenvalue weighted by Crippen LogP contribution is 2.32. The summed E-state index contributed by atoms with van der Waals surface area (Å²) in [5, 5.41) is 9.05. The third-order valence-electron chi connectivity index (χ3n) is 4.40. The number of rotatable bonds is 8. The maximum absolute atomic E-state index is 12.2. The van der Waals surface area contributed by atoms with Crippen molar-refractivity contribution < 1.29 is 29.0 Å². The summed E-state index contributed by atoms with van der Waals surface area (Å²) in [5.74, 6) is -2.17. The number of carbonyl (C=O) groups is 3. The number of benzene rings is 1. The van der Waals surface area contributed by atoms with E-state index in [2.05, 4.69) is 0 Å². The molecule has 1 unspecified atom stereocenters. The largest absolute Gasteiger partial charge is 0.478 e. The van der Waals surface area contributed by atoms with Crippen molar-refractivity contribution in [2.45, 2.75) is 34.1 Å². The summed E-state index contributed by atoms with van der Waals surface area (Å²) in [6.45, 7) is 7.47. The van der Waals surface area contributed by atoms with Gasteiger partial charge in [-0.1, -0.05) is 32.9 Å². The summed E-state index contributed by atoms with van der Waals surface area (Å²) >= 11 is 0. The fraction of sp³-hybridized carbons (Fsp3) is 0.500. The van der Waals surface area contributed by atoms with Gasteiger partial charge < -0.3 is 14.6 Å². The van der Waals surface area contributed by atoms with E-state index in [4.69, 9.17) is 14.6 Å². The van der Waals surface area contributed by atoms with E-state index in [1.54, 1.807) is 6.07 Å². The second-order valence-corrected chi connectivity index (χ2v) is 6.05. The lowest BCUT2D eigenvalue weighted by Gasteiger charge is -2.29. The summed E-state index contributed by atoms with van der Waals surface area (Å²) in [6.07, 6.45) is 0.648. The lowest BCUT2D eigenvalue weighted by Crippen LogP contribution is -2.35. The van der Waals surface area contributed by atoms with Crippen molar-refractivity contribution >= 4 is 17.9 Å². The van der Waals surface area contributed by atoms with Gasteiger partial charge in [-0.2, -0.15) is 0 Å². The Balaban J connectivity index is 2.56. The predicted octanol–water partition coefficient (Wildman–Crippen LogP) is 3.16. The molecule has 1 rings (SSSR count). The van der Waals surface area contributed by atoms with Gasteiger partial charge in [0.15, 0.2) is 0 Å². The molecule has 1 atom stereocenters. The number of carboxylic acids is 1. The number of ether oxygens (including phenoxy) is 2. The van der Waals surface area contributed by atoms with Crippen molar-refractivity contribution in [1.29, 1.82) is 0 Å². The van der Waals surface area contributed by atoms with Gasteiger partial charge in [-0.05, 0) is 31.4 Å². The lowest BCUT2D eigenvalue weighted by atomic mass is 9.77. The Kier molecular flexibility index (Phi) is 6.95. The minimum atomic E-state index is -1.20. The minimum Gasteiger partial charge on any atom is -0.478 e. The second kappa shape index (κ2) is 8.47. The fourth-order valence-corrected chi connectivity index (χ4v) is 2.15. The van der Waals surface area contributed by atoms with Crippen LogP contribution >= 0.6 is 0 Å². The summed E-state index contributed by atoms with van der Waals surface area (Å²) in [7, 11) is 0. The first-order valence-corrected chi connectivity index (χ1v) is 7.90. The molecule has 0 heterocycles. The van der Waals surface area contributed by atoms with Gasteiger partial charge in [-0.15, -0.1) is 0 Å². The standard InChI is InChI=1S/C18H24O6/c1-5-18(4,12(2)3)17(22)24-11-10-23-16(21)14-9-7-6-8-13(14)15(19)20/h6-9,12H,5,10-11H2,1-4H3,(H,19,20). The van der Waals surface area contributed by atoms with Gasteiger partial charge in [0.25, 0.3) is 0 Å². The van der Waals surface area contributed by atoms with Crippen molar-refractivity contribution in [2.24, 2.45) is 11.3 Å². The van der Waals surface area contributed by atoms with Gasteiger partial charge in [0.2, 0.25) is 0 Å². The molecular formula is C18H24O6. The molecule has 0 radical (unpaired) electrons. The molecule has 6 nitrogen and oxygen atoms in total. The Morgan fingerprint density at radius 2 is 1.62 bits per heavy atom. The number of aromatic carboxylic acids is 1. The van der Waals surface area contributed by atoms with E-state index in [1.165, 1.54) is 18.2 Å². The summed E-state index contributed by atoms with van der Waals surface area (Å²) < 4.78 is 10.2. The fourth-order valence-electron chi connectivity index (χ4n) is 2.15. The maximum Gasteiger partial charge on any atom is 0.339 e. The number of hydrogen-bond acceptors (Lipinski definition) is 5. The number of carboxylic acid groups (broad SMARTS) is 1. The molecule has 0 fully saturated rings. The van der Waals surface area contributed by atoms with Crippen molar-refractivity contribution in [1.82, 2.24) is 0 Å². The highest BCUT2D eigenvalue weighted by Gasteiger charge is 2.36. The monoisotopic (exact) mass is 336 g/mol. The molecule has 0 aliphatic carbocycles. The van der Waals surface area contributed by atoms with Crippen molar-refractivity contribution in [2.75, 3.05) is 13.2 Å². The normalized spacial score (nSPS) is 13.2. The average Bonchev–Trinajstić information content (AvgIpc) is 2.57. The predicted molar refractivity (Wildman–Crippen MR) is 87.9 cm³/mol. The summed E-state index contributed by atoms with van der Waals surface area (Å²) in [5.41, 5.74) is -0.741. The maximum atomic E-state index is 12.2. The van der Waals surface area contributed by atoms with Crippen LogP contribution in [0.3, 0.4) is 0 Å². The first kappa shape index (κ1) is 19.7. The van der Waals surface area contributed by atoms with Crippen molar-refractivity contribution in [3.05, 3.63) is 35.4 Å². The average molecular weight is 336 g/mol. The van der Waals surface area contributed by atoms with E-state index in [1.807, 2.05) is 27.7 Å². The highest BCUT2D eigenvalue weighted by atomic mass is 16.6. The van der Waals surface area contributed by atoms with Crippen molar-refractivity contribution in [3.63, 3.8) is 0 Å². The third kappa shape index (κ3) is 4.57.